The minimum Gasteiger partial charge on any atom is -0.321 e. The van der Waals surface area contributed by atoms with Gasteiger partial charge < -0.3 is 5.32 Å². The third-order valence-electron chi connectivity index (χ3n) is 5.44. The van der Waals surface area contributed by atoms with Gasteiger partial charge in [-0.1, -0.05) is 59.3 Å². The van der Waals surface area contributed by atoms with Gasteiger partial charge in [-0.25, -0.2) is 4.39 Å². The van der Waals surface area contributed by atoms with Crippen LogP contribution >= 0.6 is 11.8 Å². The number of benzene rings is 3. The summed E-state index contributed by atoms with van der Waals surface area (Å²) in [6, 6.07) is 22.5. The van der Waals surface area contributed by atoms with E-state index < -0.39 is 11.2 Å². The van der Waals surface area contributed by atoms with Gasteiger partial charge in [0.05, 0.1) is 5.25 Å². The summed E-state index contributed by atoms with van der Waals surface area (Å²) in [6.45, 7) is 3.88. The first kappa shape index (κ1) is 23.3. The van der Waals surface area contributed by atoms with E-state index in [1.54, 1.807) is 36.4 Å². The fraction of sp³-hybridized carbons (Fsp3) is 0.148. The third-order valence-corrected chi connectivity index (χ3v) is 6.70. The van der Waals surface area contributed by atoms with E-state index in [0.717, 1.165) is 16.7 Å². The zero-order valence-electron chi connectivity index (χ0n) is 18.7. The number of hydrogen-bond acceptors (Lipinski definition) is 4. The van der Waals surface area contributed by atoms with Gasteiger partial charge in [-0.3, -0.25) is 14.5 Å². The van der Waals surface area contributed by atoms with Crippen molar-refractivity contribution >= 4 is 35.0 Å². The maximum absolute atomic E-state index is 13.5. The lowest BCUT2D eigenvalue weighted by Gasteiger charge is -2.19. The molecule has 170 valence electrons. The maximum atomic E-state index is 13.5. The van der Waals surface area contributed by atoms with Crippen LogP contribution in [-0.2, 0) is 16.0 Å². The van der Waals surface area contributed by atoms with Crippen molar-refractivity contribution in [3.63, 3.8) is 0 Å². The number of amides is 2. The van der Waals surface area contributed by atoms with E-state index in [-0.39, 0.29) is 22.3 Å². The van der Waals surface area contributed by atoms with Crippen LogP contribution in [0.25, 0.3) is 0 Å². The summed E-state index contributed by atoms with van der Waals surface area (Å²) in [6.07, 6.45) is 0.341. The molecule has 3 aromatic carbocycles. The zero-order valence-corrected chi connectivity index (χ0v) is 19.5. The molecule has 34 heavy (non-hydrogen) atoms. The highest BCUT2D eigenvalue weighted by Gasteiger charge is 2.40. The van der Waals surface area contributed by atoms with Gasteiger partial charge in [0.15, 0.2) is 0 Å². The monoisotopic (exact) mass is 471 g/mol. The standard InChI is InChI=1S/C27H22FN3O2S/c1-17-3-11-21(12-4-17)30-25(32)23(16-29)27-31(22-13-5-18(2)6-14-22)26(33)24(34-27)15-19-7-9-20(28)10-8-19/h3-14,24H,15H2,1-2H3,(H,30,32)/b27-23-. The van der Waals surface area contributed by atoms with E-state index in [1.807, 2.05) is 44.2 Å². The summed E-state index contributed by atoms with van der Waals surface area (Å²) in [5.74, 6) is -1.17. The Hall–Kier alpha value is -3.89. The van der Waals surface area contributed by atoms with Gasteiger partial charge in [-0.2, -0.15) is 5.26 Å². The van der Waals surface area contributed by atoms with Crippen LogP contribution in [0.4, 0.5) is 15.8 Å². The number of nitrogens with one attached hydrogen (secondary N) is 1. The number of carbonyl (C=O) groups excluding carboxylic acids is 2. The summed E-state index contributed by atoms with van der Waals surface area (Å²) in [7, 11) is 0. The number of hydrogen-bond donors (Lipinski definition) is 1. The lowest BCUT2D eigenvalue weighted by Crippen LogP contribution is -2.30. The van der Waals surface area contributed by atoms with Gasteiger partial charge in [-0.05, 0) is 62.2 Å². The van der Waals surface area contributed by atoms with Crippen LogP contribution < -0.4 is 10.2 Å². The van der Waals surface area contributed by atoms with Gasteiger partial charge in [0.1, 0.15) is 22.5 Å². The van der Waals surface area contributed by atoms with Crippen LogP contribution in [0.15, 0.2) is 83.4 Å². The van der Waals surface area contributed by atoms with Crippen LogP contribution in [0.3, 0.4) is 0 Å². The highest BCUT2D eigenvalue weighted by atomic mass is 32.2. The van der Waals surface area contributed by atoms with Crippen molar-refractivity contribution in [1.29, 1.82) is 5.26 Å². The molecule has 0 aromatic heterocycles. The molecule has 3 aromatic rings. The SMILES string of the molecule is Cc1ccc(NC(=O)/C(C#N)=C2\SC(Cc3ccc(F)cc3)C(=O)N2c2ccc(C)cc2)cc1. The number of halogens is 1. The Morgan fingerprint density at radius 2 is 1.59 bits per heavy atom. The molecule has 5 nitrogen and oxygen atoms in total. The molecule has 1 N–H and O–H groups in total. The van der Waals surface area contributed by atoms with Crippen molar-refractivity contribution in [3.05, 3.63) is 106 Å². The number of rotatable bonds is 5. The van der Waals surface area contributed by atoms with Crippen molar-refractivity contribution < 1.29 is 14.0 Å². The van der Waals surface area contributed by atoms with Crippen molar-refractivity contribution in [3.8, 4) is 6.07 Å². The number of anilines is 2. The van der Waals surface area contributed by atoms with Gasteiger partial charge in [-0.15, -0.1) is 0 Å². The zero-order chi connectivity index (χ0) is 24.2. The Kier molecular flexibility index (Phi) is 6.80. The first-order chi connectivity index (χ1) is 16.4. The molecular weight excluding hydrogens is 449 g/mol. The molecule has 0 saturated carbocycles. The molecule has 4 rings (SSSR count). The van der Waals surface area contributed by atoms with E-state index in [1.165, 1.54) is 28.8 Å². The molecule has 0 radical (unpaired) electrons. The molecule has 1 aliphatic rings. The summed E-state index contributed by atoms with van der Waals surface area (Å²) in [5.41, 5.74) is 3.86. The molecular formula is C27H22FN3O2S. The normalized spacial score (nSPS) is 16.8. The minimum absolute atomic E-state index is 0.138. The average Bonchev–Trinajstić information content (AvgIpc) is 3.13. The van der Waals surface area contributed by atoms with Crippen molar-refractivity contribution in [1.82, 2.24) is 0 Å². The molecule has 7 heteroatoms. The molecule has 1 heterocycles. The van der Waals surface area contributed by atoms with Crippen LogP contribution in [-0.4, -0.2) is 17.1 Å². The predicted octanol–water partition coefficient (Wildman–Crippen LogP) is 5.51. The second kappa shape index (κ2) is 9.94. The van der Waals surface area contributed by atoms with E-state index >= 15 is 0 Å². The Morgan fingerprint density at radius 3 is 2.18 bits per heavy atom. The van der Waals surface area contributed by atoms with E-state index in [2.05, 4.69) is 5.32 Å². The van der Waals surface area contributed by atoms with Crippen molar-refractivity contribution in [2.24, 2.45) is 0 Å². The predicted molar refractivity (Wildman–Crippen MR) is 133 cm³/mol. The smallest absolute Gasteiger partial charge is 0.269 e. The van der Waals surface area contributed by atoms with E-state index in [0.29, 0.717) is 17.8 Å². The fourth-order valence-corrected chi connectivity index (χ4v) is 4.89. The van der Waals surface area contributed by atoms with Gasteiger partial charge >= 0.3 is 0 Å². The summed E-state index contributed by atoms with van der Waals surface area (Å²) < 4.78 is 13.3. The molecule has 1 atom stereocenters. The topological polar surface area (TPSA) is 73.2 Å². The highest BCUT2D eigenvalue weighted by molar-refractivity contribution is 8.05. The lowest BCUT2D eigenvalue weighted by molar-refractivity contribution is -0.117. The number of nitriles is 1. The summed E-state index contributed by atoms with van der Waals surface area (Å²) in [5, 5.41) is 12.4. The molecule has 1 fully saturated rings. The molecule has 1 unspecified atom stereocenters. The Balaban J connectivity index is 1.71. The molecule has 1 saturated heterocycles. The Bertz CT molecular complexity index is 1290. The molecule has 0 bridgehead atoms. The van der Waals surface area contributed by atoms with Crippen molar-refractivity contribution in [2.75, 3.05) is 10.2 Å². The largest absolute Gasteiger partial charge is 0.321 e. The first-order valence-corrected chi connectivity index (χ1v) is 11.6. The molecule has 0 aliphatic carbocycles. The third kappa shape index (κ3) is 5.03. The van der Waals surface area contributed by atoms with Gasteiger partial charge in [0, 0.05) is 11.4 Å². The molecule has 0 spiro atoms. The number of thioether (sulfide) groups is 1. The Morgan fingerprint density at radius 1 is 1.00 bits per heavy atom. The summed E-state index contributed by atoms with van der Waals surface area (Å²) >= 11 is 1.18. The maximum Gasteiger partial charge on any atom is 0.269 e. The van der Waals surface area contributed by atoms with E-state index in [9.17, 15) is 19.2 Å². The fourth-order valence-electron chi connectivity index (χ4n) is 3.58. The van der Waals surface area contributed by atoms with Crippen LogP contribution in [0, 0.1) is 31.0 Å². The van der Waals surface area contributed by atoms with Crippen molar-refractivity contribution in [2.45, 2.75) is 25.5 Å². The minimum atomic E-state index is -0.582. The Labute approximate surface area is 201 Å². The number of aryl methyl sites for hydroxylation is 2. The highest BCUT2D eigenvalue weighted by Crippen LogP contribution is 2.42. The quantitative estimate of drug-likeness (QED) is 0.394. The van der Waals surface area contributed by atoms with E-state index in [4.69, 9.17) is 0 Å². The summed E-state index contributed by atoms with van der Waals surface area (Å²) in [4.78, 5) is 28.0. The van der Waals surface area contributed by atoms with Crippen LogP contribution in [0.2, 0.25) is 0 Å². The van der Waals surface area contributed by atoms with Gasteiger partial charge in [0.25, 0.3) is 5.91 Å². The second-order valence-electron chi connectivity index (χ2n) is 8.06. The number of carbonyl (C=O) groups is 2. The first-order valence-electron chi connectivity index (χ1n) is 10.7. The van der Waals surface area contributed by atoms with Crippen LogP contribution in [0.5, 0.6) is 0 Å². The van der Waals surface area contributed by atoms with Crippen LogP contribution in [0.1, 0.15) is 16.7 Å². The number of nitrogens with zero attached hydrogens (tertiary/aromatic N) is 2. The average molecular weight is 472 g/mol. The van der Waals surface area contributed by atoms with Gasteiger partial charge in [0.2, 0.25) is 5.91 Å². The second-order valence-corrected chi connectivity index (χ2v) is 9.25. The lowest BCUT2D eigenvalue weighted by atomic mass is 10.1. The molecule has 1 aliphatic heterocycles. The molecule has 2 amide bonds.